The summed E-state index contributed by atoms with van der Waals surface area (Å²) >= 11 is 0. The number of aliphatic hydroxyl groups is 1. The molecule has 0 spiro atoms. The highest BCUT2D eigenvalue weighted by molar-refractivity contribution is 5.86. The summed E-state index contributed by atoms with van der Waals surface area (Å²) in [5, 5.41) is 14.2. The number of allylic oxidation sites excluding steroid dienone is 2. The number of carbonyl (C=O) groups excluding carboxylic acids is 3. The van der Waals surface area contributed by atoms with Crippen LogP contribution in [0.2, 0.25) is 0 Å². The lowest BCUT2D eigenvalue weighted by Crippen LogP contribution is -2.42. The molecule has 0 aromatic heterocycles. The van der Waals surface area contributed by atoms with Crippen LogP contribution in [-0.4, -0.2) is 61.9 Å². The third kappa shape index (κ3) is 12.3. The first-order valence-corrected chi connectivity index (χ1v) is 11.6. The van der Waals surface area contributed by atoms with Crippen molar-refractivity contribution in [1.82, 2.24) is 10.6 Å². The Morgan fingerprint density at radius 3 is 2.38 bits per heavy atom. The summed E-state index contributed by atoms with van der Waals surface area (Å²) in [4.78, 5) is 37.4. The second-order valence-corrected chi connectivity index (χ2v) is 8.06. The molecule has 1 rings (SSSR count). The molecule has 0 bridgehead atoms. The summed E-state index contributed by atoms with van der Waals surface area (Å²) in [6.45, 7) is 9.87. The molecule has 3 atom stereocenters. The van der Waals surface area contributed by atoms with E-state index in [0.29, 0.717) is 25.8 Å². The standard InChI is InChI=1S/C26H38N2O6/c1-4-9-22(18-24(30)27-13-15-33-16-14-29)25(31)28-20(3)19-34-26(32)23(10-5-2)17-21-11-7-6-8-12-21/h4-8,11-12,20,22-23,29H,1-2,9-10,13-19H2,3H3,(H,27,30)(H,28,31)/t20-,22+,23+/m0/s1. The van der Waals surface area contributed by atoms with E-state index in [1.54, 1.807) is 19.1 Å². The summed E-state index contributed by atoms with van der Waals surface area (Å²) in [5.74, 6) is -1.85. The maximum Gasteiger partial charge on any atom is 0.309 e. The van der Waals surface area contributed by atoms with Gasteiger partial charge in [-0.2, -0.15) is 0 Å². The first-order valence-electron chi connectivity index (χ1n) is 11.6. The minimum absolute atomic E-state index is 0.00282. The van der Waals surface area contributed by atoms with E-state index in [-0.39, 0.29) is 56.5 Å². The van der Waals surface area contributed by atoms with E-state index in [1.165, 1.54) is 0 Å². The van der Waals surface area contributed by atoms with Crippen molar-refractivity contribution in [3.8, 4) is 0 Å². The van der Waals surface area contributed by atoms with Gasteiger partial charge in [0.15, 0.2) is 0 Å². The van der Waals surface area contributed by atoms with Crippen LogP contribution in [0.5, 0.6) is 0 Å². The van der Waals surface area contributed by atoms with Crippen LogP contribution in [0.1, 0.15) is 31.7 Å². The zero-order valence-corrected chi connectivity index (χ0v) is 20.0. The zero-order valence-electron chi connectivity index (χ0n) is 20.0. The molecular formula is C26H38N2O6. The number of amides is 2. The highest BCUT2D eigenvalue weighted by atomic mass is 16.5. The molecular weight excluding hydrogens is 436 g/mol. The summed E-state index contributed by atoms with van der Waals surface area (Å²) in [6.07, 6.45) is 4.68. The minimum atomic E-state index is -0.583. The van der Waals surface area contributed by atoms with E-state index in [9.17, 15) is 14.4 Å². The number of rotatable bonds is 18. The van der Waals surface area contributed by atoms with Gasteiger partial charge in [0, 0.05) is 13.0 Å². The molecule has 3 N–H and O–H groups in total. The third-order valence-corrected chi connectivity index (χ3v) is 5.03. The Hall–Kier alpha value is -2.97. The molecule has 1 aromatic rings. The lowest BCUT2D eigenvalue weighted by atomic mass is 9.96. The van der Waals surface area contributed by atoms with Crippen molar-refractivity contribution >= 4 is 17.8 Å². The predicted molar refractivity (Wildman–Crippen MR) is 131 cm³/mol. The third-order valence-electron chi connectivity index (χ3n) is 5.03. The molecule has 0 radical (unpaired) electrons. The lowest BCUT2D eigenvalue weighted by molar-refractivity contribution is -0.149. The number of esters is 1. The molecule has 0 saturated heterocycles. The fraction of sp³-hybridized carbons (Fsp3) is 0.500. The number of benzene rings is 1. The Labute approximate surface area is 202 Å². The summed E-state index contributed by atoms with van der Waals surface area (Å²) in [6, 6.07) is 9.28. The maximum absolute atomic E-state index is 12.7. The fourth-order valence-electron chi connectivity index (χ4n) is 3.30. The predicted octanol–water partition coefficient (Wildman–Crippen LogP) is 2.18. The number of hydrogen-bond acceptors (Lipinski definition) is 6. The molecule has 0 aliphatic heterocycles. The molecule has 2 amide bonds. The van der Waals surface area contributed by atoms with Crippen LogP contribution >= 0.6 is 0 Å². The van der Waals surface area contributed by atoms with Crippen LogP contribution in [0.3, 0.4) is 0 Å². The molecule has 8 heteroatoms. The van der Waals surface area contributed by atoms with E-state index in [2.05, 4.69) is 23.8 Å². The van der Waals surface area contributed by atoms with Crippen molar-refractivity contribution in [3.05, 3.63) is 61.2 Å². The number of nitrogens with one attached hydrogen (secondary N) is 2. The van der Waals surface area contributed by atoms with Gasteiger partial charge in [-0.3, -0.25) is 14.4 Å². The van der Waals surface area contributed by atoms with Crippen LogP contribution in [0.15, 0.2) is 55.6 Å². The molecule has 188 valence electrons. The molecule has 0 aliphatic rings. The SMILES string of the molecule is C=CC[C@H](CC(=O)NCCOCCO)C(=O)N[C@@H](C)COC(=O)[C@H](CC=C)Cc1ccccc1. The Kier molecular flexibility index (Phi) is 15.0. The first-order chi connectivity index (χ1) is 16.4. The lowest BCUT2D eigenvalue weighted by Gasteiger charge is -2.21. The average Bonchev–Trinajstić information content (AvgIpc) is 2.82. The number of hydrogen-bond donors (Lipinski definition) is 3. The van der Waals surface area contributed by atoms with Crippen molar-refractivity contribution in [2.45, 2.75) is 38.6 Å². The Balaban J connectivity index is 2.50. The Morgan fingerprint density at radius 1 is 1.06 bits per heavy atom. The largest absolute Gasteiger partial charge is 0.463 e. The molecule has 34 heavy (non-hydrogen) atoms. The number of aliphatic hydroxyl groups excluding tert-OH is 1. The van der Waals surface area contributed by atoms with E-state index < -0.39 is 12.0 Å². The van der Waals surface area contributed by atoms with Gasteiger partial charge in [-0.15, -0.1) is 13.2 Å². The van der Waals surface area contributed by atoms with Crippen LogP contribution in [0, 0.1) is 11.8 Å². The monoisotopic (exact) mass is 474 g/mol. The first kappa shape index (κ1) is 29.1. The molecule has 8 nitrogen and oxygen atoms in total. The van der Waals surface area contributed by atoms with Crippen molar-refractivity contribution in [1.29, 1.82) is 0 Å². The molecule has 1 aromatic carbocycles. The van der Waals surface area contributed by atoms with Crippen molar-refractivity contribution in [2.24, 2.45) is 11.8 Å². The normalized spacial score (nSPS) is 13.2. The van der Waals surface area contributed by atoms with E-state index in [0.717, 1.165) is 5.56 Å². The van der Waals surface area contributed by atoms with Crippen LogP contribution in [-0.2, 0) is 30.3 Å². The molecule has 0 fully saturated rings. The highest BCUT2D eigenvalue weighted by Gasteiger charge is 2.24. The van der Waals surface area contributed by atoms with Gasteiger partial charge in [0.05, 0.1) is 37.7 Å². The molecule has 0 unspecified atom stereocenters. The van der Waals surface area contributed by atoms with Crippen LogP contribution < -0.4 is 10.6 Å². The molecule has 0 aliphatic carbocycles. The fourth-order valence-corrected chi connectivity index (χ4v) is 3.30. The van der Waals surface area contributed by atoms with Crippen LogP contribution in [0.4, 0.5) is 0 Å². The Bertz CT molecular complexity index is 768. The summed E-state index contributed by atoms with van der Waals surface area (Å²) in [7, 11) is 0. The van der Waals surface area contributed by atoms with Gasteiger partial charge in [-0.05, 0) is 31.7 Å². The van der Waals surface area contributed by atoms with Gasteiger partial charge in [-0.1, -0.05) is 42.5 Å². The van der Waals surface area contributed by atoms with Gasteiger partial charge in [-0.25, -0.2) is 0 Å². The van der Waals surface area contributed by atoms with Gasteiger partial charge in [0.1, 0.15) is 6.61 Å². The average molecular weight is 475 g/mol. The number of carbonyl (C=O) groups is 3. The van der Waals surface area contributed by atoms with Crippen LogP contribution in [0.25, 0.3) is 0 Å². The zero-order chi connectivity index (χ0) is 25.2. The highest BCUT2D eigenvalue weighted by Crippen LogP contribution is 2.15. The topological polar surface area (TPSA) is 114 Å². The summed E-state index contributed by atoms with van der Waals surface area (Å²) < 4.78 is 10.6. The Morgan fingerprint density at radius 2 is 1.74 bits per heavy atom. The van der Waals surface area contributed by atoms with E-state index in [4.69, 9.17) is 14.6 Å². The molecule has 0 saturated carbocycles. The second kappa shape index (κ2) is 17.5. The van der Waals surface area contributed by atoms with Crippen molar-refractivity contribution in [3.63, 3.8) is 0 Å². The van der Waals surface area contributed by atoms with E-state index in [1.807, 2.05) is 30.3 Å². The van der Waals surface area contributed by atoms with Gasteiger partial charge in [0.25, 0.3) is 0 Å². The minimum Gasteiger partial charge on any atom is -0.463 e. The van der Waals surface area contributed by atoms with Gasteiger partial charge >= 0.3 is 5.97 Å². The quantitative estimate of drug-likeness (QED) is 0.171. The van der Waals surface area contributed by atoms with Gasteiger partial charge < -0.3 is 25.2 Å². The van der Waals surface area contributed by atoms with Crippen molar-refractivity contribution < 1.29 is 29.0 Å². The van der Waals surface area contributed by atoms with E-state index >= 15 is 0 Å². The maximum atomic E-state index is 12.7. The smallest absolute Gasteiger partial charge is 0.309 e. The molecule has 0 heterocycles. The summed E-state index contributed by atoms with van der Waals surface area (Å²) in [5.41, 5.74) is 1.04. The van der Waals surface area contributed by atoms with Gasteiger partial charge in [0.2, 0.25) is 11.8 Å². The number of ether oxygens (including phenoxy) is 2. The second-order valence-electron chi connectivity index (χ2n) is 8.06. The van der Waals surface area contributed by atoms with Crippen molar-refractivity contribution in [2.75, 3.05) is 33.0 Å².